The third-order valence-electron chi connectivity index (χ3n) is 2.40. The monoisotopic (exact) mass is 307 g/mol. The van der Waals surface area contributed by atoms with Crippen molar-refractivity contribution in [3.63, 3.8) is 0 Å². The van der Waals surface area contributed by atoms with Gasteiger partial charge < -0.3 is 15.2 Å². The van der Waals surface area contributed by atoms with Gasteiger partial charge in [0.15, 0.2) is 5.11 Å². The number of nitrogens with zero attached hydrogens (tertiary/aromatic N) is 1. The van der Waals surface area contributed by atoms with Crippen LogP contribution in [0.25, 0.3) is 0 Å². The quantitative estimate of drug-likeness (QED) is 0.313. The highest BCUT2D eigenvalue weighted by atomic mass is 32.1. The molecule has 0 bridgehead atoms. The Bertz CT molecular complexity index is 530. The van der Waals surface area contributed by atoms with Crippen LogP contribution in [0.3, 0.4) is 0 Å². The molecule has 6 heteroatoms. The standard InChI is InChI=1S/C15H21N3O2S/c1-4-7-20-13-6-5-12(14(19)8-13)10-17-18-15(21)16-9-11(2)3/h5-6,8,10,19H,2,4,7,9H2,1,3H3,(H2,16,18,21)/b17-10+. The molecule has 1 rings (SSSR count). The molecule has 0 saturated heterocycles. The number of thiocarbonyl (C=S) groups is 1. The van der Waals surface area contributed by atoms with Crippen LogP contribution in [0.1, 0.15) is 25.8 Å². The normalized spacial score (nSPS) is 10.4. The maximum Gasteiger partial charge on any atom is 0.187 e. The maximum atomic E-state index is 9.87. The van der Waals surface area contributed by atoms with Crippen molar-refractivity contribution >= 4 is 23.5 Å². The first-order valence-electron chi connectivity index (χ1n) is 6.70. The molecular formula is C15H21N3O2S. The van der Waals surface area contributed by atoms with Gasteiger partial charge in [0, 0.05) is 18.2 Å². The fraction of sp³-hybridized carbons (Fsp3) is 0.333. The smallest absolute Gasteiger partial charge is 0.187 e. The van der Waals surface area contributed by atoms with Gasteiger partial charge in [-0.2, -0.15) is 5.10 Å². The van der Waals surface area contributed by atoms with Crippen molar-refractivity contribution in [2.24, 2.45) is 5.10 Å². The number of hydrazone groups is 1. The van der Waals surface area contributed by atoms with E-state index >= 15 is 0 Å². The SMILES string of the molecule is C=C(C)CNC(=S)N/N=C/c1ccc(OCCC)cc1O. The summed E-state index contributed by atoms with van der Waals surface area (Å²) in [6.45, 7) is 8.91. The molecule has 21 heavy (non-hydrogen) atoms. The van der Waals surface area contributed by atoms with E-state index in [1.54, 1.807) is 18.2 Å². The lowest BCUT2D eigenvalue weighted by Crippen LogP contribution is -2.32. The zero-order chi connectivity index (χ0) is 15.7. The average molecular weight is 307 g/mol. The summed E-state index contributed by atoms with van der Waals surface area (Å²) < 4.78 is 5.43. The van der Waals surface area contributed by atoms with Gasteiger partial charge in [0.1, 0.15) is 11.5 Å². The van der Waals surface area contributed by atoms with E-state index in [0.29, 0.717) is 29.6 Å². The third kappa shape index (κ3) is 6.76. The van der Waals surface area contributed by atoms with E-state index in [1.165, 1.54) is 6.21 Å². The molecule has 1 aromatic rings. The number of hydrogen-bond donors (Lipinski definition) is 3. The molecule has 0 aliphatic heterocycles. The van der Waals surface area contributed by atoms with Crippen LogP contribution in [-0.2, 0) is 0 Å². The summed E-state index contributed by atoms with van der Waals surface area (Å²) in [5.41, 5.74) is 4.22. The van der Waals surface area contributed by atoms with Gasteiger partial charge in [-0.1, -0.05) is 19.1 Å². The molecular weight excluding hydrogens is 286 g/mol. The first kappa shape index (κ1) is 17.0. The Morgan fingerprint density at radius 1 is 1.52 bits per heavy atom. The number of rotatable bonds is 7. The van der Waals surface area contributed by atoms with E-state index < -0.39 is 0 Å². The third-order valence-corrected chi connectivity index (χ3v) is 2.63. The number of hydrogen-bond acceptors (Lipinski definition) is 4. The highest BCUT2D eigenvalue weighted by Crippen LogP contribution is 2.22. The Kier molecular flexibility index (Phi) is 7.25. The first-order valence-corrected chi connectivity index (χ1v) is 7.11. The van der Waals surface area contributed by atoms with E-state index in [0.717, 1.165) is 12.0 Å². The van der Waals surface area contributed by atoms with Crippen LogP contribution >= 0.6 is 12.2 Å². The van der Waals surface area contributed by atoms with Crippen molar-refractivity contribution in [3.05, 3.63) is 35.9 Å². The molecule has 0 radical (unpaired) electrons. The van der Waals surface area contributed by atoms with Crippen LogP contribution in [0.15, 0.2) is 35.5 Å². The lowest BCUT2D eigenvalue weighted by Gasteiger charge is -2.07. The zero-order valence-corrected chi connectivity index (χ0v) is 13.2. The summed E-state index contributed by atoms with van der Waals surface area (Å²) in [5.74, 6) is 0.744. The molecule has 5 nitrogen and oxygen atoms in total. The summed E-state index contributed by atoms with van der Waals surface area (Å²) in [6, 6.07) is 5.08. The molecule has 0 aliphatic carbocycles. The van der Waals surface area contributed by atoms with Crippen LogP contribution < -0.4 is 15.5 Å². The van der Waals surface area contributed by atoms with Crippen molar-refractivity contribution < 1.29 is 9.84 Å². The van der Waals surface area contributed by atoms with E-state index in [4.69, 9.17) is 17.0 Å². The Labute approximate surface area is 130 Å². The molecule has 0 aromatic heterocycles. The first-order chi connectivity index (χ1) is 10.0. The number of benzene rings is 1. The minimum atomic E-state index is 0.106. The van der Waals surface area contributed by atoms with E-state index in [9.17, 15) is 5.11 Å². The summed E-state index contributed by atoms with van der Waals surface area (Å²) in [5, 5.41) is 17.2. The number of phenolic OH excluding ortho intramolecular Hbond substituents is 1. The van der Waals surface area contributed by atoms with Crippen LogP contribution in [-0.4, -0.2) is 29.6 Å². The fourth-order valence-corrected chi connectivity index (χ4v) is 1.50. The highest BCUT2D eigenvalue weighted by Gasteiger charge is 2.01. The second-order valence-corrected chi connectivity index (χ2v) is 4.99. The molecule has 0 spiro atoms. The van der Waals surface area contributed by atoms with Crippen molar-refractivity contribution in [2.75, 3.05) is 13.2 Å². The van der Waals surface area contributed by atoms with Crippen LogP contribution in [0.2, 0.25) is 0 Å². The van der Waals surface area contributed by atoms with E-state index in [1.807, 2.05) is 13.8 Å². The molecule has 3 N–H and O–H groups in total. The molecule has 0 aliphatic rings. The average Bonchev–Trinajstić information content (AvgIpc) is 2.45. The molecule has 0 unspecified atom stereocenters. The number of aromatic hydroxyl groups is 1. The molecule has 0 saturated carbocycles. The lowest BCUT2D eigenvalue weighted by molar-refractivity contribution is 0.315. The van der Waals surface area contributed by atoms with Crippen molar-refractivity contribution in [1.29, 1.82) is 0 Å². The second-order valence-electron chi connectivity index (χ2n) is 4.58. The largest absolute Gasteiger partial charge is 0.507 e. The number of ether oxygens (including phenoxy) is 1. The second kappa shape index (κ2) is 8.97. The van der Waals surface area contributed by atoms with Crippen molar-refractivity contribution in [2.45, 2.75) is 20.3 Å². The molecule has 1 aromatic carbocycles. The van der Waals surface area contributed by atoms with Crippen LogP contribution in [0.5, 0.6) is 11.5 Å². The molecule has 0 heterocycles. The van der Waals surface area contributed by atoms with Gasteiger partial charge in [-0.25, -0.2) is 0 Å². The van der Waals surface area contributed by atoms with E-state index in [2.05, 4.69) is 22.4 Å². The highest BCUT2D eigenvalue weighted by molar-refractivity contribution is 7.80. The van der Waals surface area contributed by atoms with Gasteiger partial charge in [-0.15, -0.1) is 0 Å². The predicted molar refractivity (Wildman–Crippen MR) is 90.0 cm³/mol. The van der Waals surface area contributed by atoms with Crippen molar-refractivity contribution in [1.82, 2.24) is 10.7 Å². The van der Waals surface area contributed by atoms with Gasteiger partial charge in [0.2, 0.25) is 0 Å². The lowest BCUT2D eigenvalue weighted by atomic mass is 10.2. The Morgan fingerprint density at radius 3 is 2.90 bits per heavy atom. The minimum Gasteiger partial charge on any atom is -0.507 e. The maximum absolute atomic E-state index is 9.87. The zero-order valence-electron chi connectivity index (χ0n) is 12.3. The molecule has 0 fully saturated rings. The summed E-state index contributed by atoms with van der Waals surface area (Å²) in [4.78, 5) is 0. The topological polar surface area (TPSA) is 65.9 Å². The minimum absolute atomic E-state index is 0.106. The summed E-state index contributed by atoms with van der Waals surface area (Å²) >= 11 is 5.03. The summed E-state index contributed by atoms with van der Waals surface area (Å²) in [6.07, 6.45) is 2.41. The predicted octanol–water partition coefficient (Wildman–Crippen LogP) is 2.56. The van der Waals surface area contributed by atoms with Gasteiger partial charge in [-0.3, -0.25) is 5.43 Å². The summed E-state index contributed by atoms with van der Waals surface area (Å²) in [7, 11) is 0. The van der Waals surface area contributed by atoms with Crippen molar-refractivity contribution in [3.8, 4) is 11.5 Å². The van der Waals surface area contributed by atoms with Crippen LogP contribution in [0.4, 0.5) is 0 Å². The van der Waals surface area contributed by atoms with Crippen LogP contribution in [0, 0.1) is 0 Å². The fourth-order valence-electron chi connectivity index (χ4n) is 1.37. The Morgan fingerprint density at radius 2 is 2.29 bits per heavy atom. The number of nitrogens with one attached hydrogen (secondary N) is 2. The molecule has 0 atom stereocenters. The van der Waals surface area contributed by atoms with Gasteiger partial charge in [-0.05, 0) is 37.7 Å². The Balaban J connectivity index is 2.52. The van der Waals surface area contributed by atoms with E-state index in [-0.39, 0.29) is 5.75 Å². The van der Waals surface area contributed by atoms with Gasteiger partial charge in [0.05, 0.1) is 12.8 Å². The van der Waals surface area contributed by atoms with Gasteiger partial charge in [0.25, 0.3) is 0 Å². The molecule has 114 valence electrons. The molecule has 0 amide bonds. The Hall–Kier alpha value is -2.08. The van der Waals surface area contributed by atoms with Gasteiger partial charge >= 0.3 is 0 Å². The number of phenols is 1.